The number of carbonyl (C=O) groups excluding carboxylic acids is 1. The highest BCUT2D eigenvalue weighted by molar-refractivity contribution is 6.30. The van der Waals surface area contributed by atoms with Crippen LogP contribution < -0.4 is 16.0 Å². The van der Waals surface area contributed by atoms with Gasteiger partial charge in [0.05, 0.1) is 19.2 Å². The molecule has 0 saturated carbocycles. The number of hydrogen-bond acceptors (Lipinski definition) is 6. The summed E-state index contributed by atoms with van der Waals surface area (Å²) in [5.41, 5.74) is 3.68. The Hall–Kier alpha value is -3.36. The van der Waals surface area contributed by atoms with E-state index >= 15 is 0 Å². The zero-order chi connectivity index (χ0) is 21.8. The van der Waals surface area contributed by atoms with Gasteiger partial charge in [-0.2, -0.15) is 9.61 Å². The second kappa shape index (κ2) is 9.20. The van der Waals surface area contributed by atoms with Crippen molar-refractivity contribution in [2.24, 2.45) is 0 Å². The van der Waals surface area contributed by atoms with Crippen molar-refractivity contribution in [1.82, 2.24) is 19.9 Å². The van der Waals surface area contributed by atoms with Gasteiger partial charge in [-0.1, -0.05) is 24.2 Å². The molecule has 3 heterocycles. The molecule has 0 atom stereocenters. The number of hydrogen-bond donors (Lipinski definition) is 3. The van der Waals surface area contributed by atoms with Crippen LogP contribution >= 0.6 is 11.6 Å². The Kier molecular flexibility index (Phi) is 6.20. The lowest BCUT2D eigenvalue weighted by molar-refractivity contribution is -0.118. The van der Waals surface area contributed by atoms with Crippen molar-refractivity contribution in [3.63, 3.8) is 0 Å². The highest BCUT2D eigenvalue weighted by Gasteiger charge is 2.20. The minimum atomic E-state index is -0.0673. The zero-order valence-electron chi connectivity index (χ0n) is 17.1. The maximum absolute atomic E-state index is 11.7. The van der Waals surface area contributed by atoms with Crippen LogP contribution in [-0.2, 0) is 9.53 Å². The van der Waals surface area contributed by atoms with Crippen molar-refractivity contribution < 1.29 is 9.53 Å². The van der Waals surface area contributed by atoms with Crippen molar-refractivity contribution in [1.29, 1.82) is 0 Å². The first-order valence-electron chi connectivity index (χ1n) is 9.96. The van der Waals surface area contributed by atoms with Gasteiger partial charge in [0.1, 0.15) is 11.6 Å². The van der Waals surface area contributed by atoms with Crippen LogP contribution in [0.1, 0.15) is 18.9 Å². The number of nitrogens with zero attached hydrogens (tertiary/aromatic N) is 3. The topological polar surface area (TPSA) is 92.6 Å². The molecule has 31 heavy (non-hydrogen) atoms. The number of rotatable bonds is 8. The molecule has 9 heteroatoms. The minimum absolute atomic E-state index is 0.0673. The molecule has 1 aliphatic heterocycles. The second-order valence-corrected chi connectivity index (χ2v) is 7.43. The number of anilines is 3. The normalized spacial score (nSPS) is 15.0. The number of aromatic nitrogens is 3. The van der Waals surface area contributed by atoms with E-state index in [9.17, 15) is 4.79 Å². The van der Waals surface area contributed by atoms with Crippen molar-refractivity contribution in [2.75, 3.05) is 30.4 Å². The molecule has 0 unspecified atom stereocenters. The standard InChI is InChI=1S/C22H23ClN6O2/c1-3-31-8-7-24-20-12-19(27-18-6-4-5-17(23)11-18)28-22-16(13-25-29(20)22)9-15-10-21(30)26-14(15)2/h4-6,9,11-13,24H,2-3,7-8,10H2,1H3,(H,26,30)(H,27,28)/b15-9+. The average Bonchev–Trinajstić information content (AvgIpc) is 3.28. The van der Waals surface area contributed by atoms with Gasteiger partial charge in [-0.15, -0.1) is 0 Å². The monoisotopic (exact) mass is 438 g/mol. The first-order chi connectivity index (χ1) is 15.0. The fourth-order valence-corrected chi connectivity index (χ4v) is 3.47. The highest BCUT2D eigenvalue weighted by atomic mass is 35.5. The van der Waals surface area contributed by atoms with E-state index in [4.69, 9.17) is 21.3 Å². The molecule has 8 nitrogen and oxygen atoms in total. The van der Waals surface area contributed by atoms with E-state index in [-0.39, 0.29) is 12.3 Å². The third-order valence-electron chi connectivity index (χ3n) is 4.71. The fraction of sp³-hybridized carbons (Fsp3) is 0.227. The number of halogens is 1. The van der Waals surface area contributed by atoms with E-state index in [1.165, 1.54) is 0 Å². The maximum atomic E-state index is 11.7. The lowest BCUT2D eigenvalue weighted by Crippen LogP contribution is -2.13. The molecular weight excluding hydrogens is 416 g/mol. The number of ether oxygens (including phenoxy) is 1. The van der Waals surface area contributed by atoms with E-state index in [0.29, 0.717) is 41.9 Å². The number of carbonyl (C=O) groups is 1. The predicted octanol–water partition coefficient (Wildman–Crippen LogP) is 3.99. The molecule has 3 aromatic rings. The fourth-order valence-electron chi connectivity index (χ4n) is 3.28. The van der Waals surface area contributed by atoms with Crippen molar-refractivity contribution in [3.8, 4) is 0 Å². The molecule has 1 aliphatic rings. The molecular formula is C22H23ClN6O2. The summed E-state index contributed by atoms with van der Waals surface area (Å²) in [5.74, 6) is 1.33. The van der Waals surface area contributed by atoms with Gasteiger partial charge < -0.3 is 20.7 Å². The SMILES string of the molecule is C=C1NC(=O)C/C1=C\c1cnn2c(NCCOCC)cc(Nc3cccc(Cl)c3)nc12. The molecule has 1 saturated heterocycles. The zero-order valence-corrected chi connectivity index (χ0v) is 17.9. The van der Waals surface area contributed by atoms with Gasteiger partial charge in [0.25, 0.3) is 0 Å². The Bertz CT molecular complexity index is 1170. The lowest BCUT2D eigenvalue weighted by atomic mass is 10.1. The Labute approximate surface area is 185 Å². The van der Waals surface area contributed by atoms with Gasteiger partial charge in [-0.3, -0.25) is 4.79 Å². The largest absolute Gasteiger partial charge is 0.380 e. The van der Waals surface area contributed by atoms with Gasteiger partial charge in [0.2, 0.25) is 5.91 Å². The first-order valence-corrected chi connectivity index (χ1v) is 10.3. The van der Waals surface area contributed by atoms with Gasteiger partial charge in [0.15, 0.2) is 5.65 Å². The predicted molar refractivity (Wildman–Crippen MR) is 123 cm³/mol. The van der Waals surface area contributed by atoms with Crippen LogP contribution in [0.3, 0.4) is 0 Å². The molecule has 0 aliphatic carbocycles. The minimum Gasteiger partial charge on any atom is -0.380 e. The summed E-state index contributed by atoms with van der Waals surface area (Å²) in [6.45, 7) is 7.72. The summed E-state index contributed by atoms with van der Waals surface area (Å²) < 4.78 is 7.16. The Balaban J connectivity index is 1.72. The van der Waals surface area contributed by atoms with Gasteiger partial charge in [-0.05, 0) is 36.8 Å². The van der Waals surface area contributed by atoms with E-state index in [1.54, 1.807) is 10.7 Å². The molecule has 2 aromatic heterocycles. The number of benzene rings is 1. The molecule has 3 N–H and O–H groups in total. The number of allylic oxidation sites excluding steroid dienone is 1. The summed E-state index contributed by atoms with van der Waals surface area (Å²) >= 11 is 6.11. The van der Waals surface area contributed by atoms with E-state index in [0.717, 1.165) is 22.6 Å². The summed E-state index contributed by atoms with van der Waals surface area (Å²) in [4.78, 5) is 16.4. The molecule has 0 bridgehead atoms. The summed E-state index contributed by atoms with van der Waals surface area (Å²) in [5, 5.41) is 14.5. The smallest absolute Gasteiger partial charge is 0.228 e. The first kappa shape index (κ1) is 20.9. The third-order valence-corrected chi connectivity index (χ3v) is 4.95. The highest BCUT2D eigenvalue weighted by Crippen LogP contribution is 2.26. The summed E-state index contributed by atoms with van der Waals surface area (Å²) in [6.07, 6.45) is 3.90. The summed E-state index contributed by atoms with van der Waals surface area (Å²) in [6, 6.07) is 9.31. The Morgan fingerprint density at radius 3 is 3.00 bits per heavy atom. The Morgan fingerprint density at radius 2 is 2.26 bits per heavy atom. The van der Waals surface area contributed by atoms with Gasteiger partial charge in [-0.25, -0.2) is 4.98 Å². The maximum Gasteiger partial charge on any atom is 0.228 e. The molecule has 160 valence electrons. The number of amides is 1. The van der Waals surface area contributed by atoms with Gasteiger partial charge in [0, 0.05) is 41.2 Å². The lowest BCUT2D eigenvalue weighted by Gasteiger charge is -2.12. The molecule has 1 amide bonds. The van der Waals surface area contributed by atoms with Crippen LogP contribution in [-0.4, -0.2) is 40.3 Å². The third kappa shape index (κ3) is 4.87. The molecule has 4 rings (SSSR count). The molecule has 1 fully saturated rings. The average molecular weight is 439 g/mol. The second-order valence-electron chi connectivity index (χ2n) is 6.99. The van der Waals surface area contributed by atoms with Crippen LogP contribution in [0.5, 0.6) is 0 Å². The quantitative estimate of drug-likeness (QED) is 0.460. The summed E-state index contributed by atoms with van der Waals surface area (Å²) in [7, 11) is 0. The molecule has 0 radical (unpaired) electrons. The van der Waals surface area contributed by atoms with Crippen LogP contribution in [0.25, 0.3) is 11.7 Å². The number of fused-ring (bicyclic) bond motifs is 1. The van der Waals surface area contributed by atoms with Crippen LogP contribution in [0, 0.1) is 0 Å². The van der Waals surface area contributed by atoms with E-state index in [2.05, 4.69) is 27.6 Å². The Morgan fingerprint density at radius 1 is 1.39 bits per heavy atom. The van der Waals surface area contributed by atoms with Crippen molar-refractivity contribution >= 4 is 46.6 Å². The molecule has 0 spiro atoms. The van der Waals surface area contributed by atoms with Crippen molar-refractivity contribution in [3.05, 3.63) is 65.0 Å². The molecule has 1 aromatic carbocycles. The number of nitrogens with one attached hydrogen (secondary N) is 3. The van der Waals surface area contributed by atoms with Crippen LogP contribution in [0.2, 0.25) is 5.02 Å². The van der Waals surface area contributed by atoms with E-state index in [1.807, 2.05) is 43.3 Å². The van der Waals surface area contributed by atoms with Crippen molar-refractivity contribution in [2.45, 2.75) is 13.3 Å². The van der Waals surface area contributed by atoms with Crippen LogP contribution in [0.15, 0.2) is 54.4 Å². The van der Waals surface area contributed by atoms with Gasteiger partial charge >= 0.3 is 0 Å². The van der Waals surface area contributed by atoms with Crippen LogP contribution in [0.4, 0.5) is 17.3 Å². The van der Waals surface area contributed by atoms with E-state index < -0.39 is 0 Å².